The number of methoxy groups -OCH3 is 2. The van der Waals surface area contributed by atoms with Gasteiger partial charge >= 0.3 is 6.03 Å². The first-order chi connectivity index (χ1) is 17.5. The van der Waals surface area contributed by atoms with E-state index in [9.17, 15) is 4.79 Å². The molecule has 0 bridgehead atoms. The van der Waals surface area contributed by atoms with E-state index < -0.39 is 6.04 Å². The van der Waals surface area contributed by atoms with Crippen molar-refractivity contribution in [2.75, 3.05) is 19.1 Å². The van der Waals surface area contributed by atoms with E-state index in [2.05, 4.69) is 10.5 Å². The number of carbonyl (C=O) groups excluding carboxylic acids is 1. The quantitative estimate of drug-likeness (QED) is 0.376. The minimum absolute atomic E-state index is 0.261. The number of amides is 2. The lowest BCUT2D eigenvalue weighted by Gasteiger charge is -2.35. The van der Waals surface area contributed by atoms with Crippen LogP contribution in [-0.2, 0) is 0 Å². The van der Waals surface area contributed by atoms with Crippen LogP contribution < -0.4 is 19.7 Å². The van der Waals surface area contributed by atoms with Gasteiger partial charge in [-0.3, -0.25) is 4.90 Å². The Kier molecular flexibility index (Phi) is 6.16. The van der Waals surface area contributed by atoms with Crippen molar-refractivity contribution in [2.24, 2.45) is 0 Å². The largest absolute Gasteiger partial charge is 0.493 e. The second-order valence-electron chi connectivity index (χ2n) is 8.46. The van der Waals surface area contributed by atoms with Crippen LogP contribution in [0.4, 0.5) is 10.5 Å². The van der Waals surface area contributed by atoms with Gasteiger partial charge in [-0.2, -0.15) is 4.98 Å². The number of allylic oxidation sites excluding steroid dienone is 1. The molecule has 182 valence electrons. The van der Waals surface area contributed by atoms with Crippen molar-refractivity contribution in [3.63, 3.8) is 0 Å². The summed E-state index contributed by atoms with van der Waals surface area (Å²) in [6.45, 7) is 3.89. The Hall–Kier alpha value is -4.59. The zero-order chi connectivity index (χ0) is 25.2. The Morgan fingerprint density at radius 2 is 1.64 bits per heavy atom. The van der Waals surface area contributed by atoms with Crippen LogP contribution in [0.1, 0.15) is 30.0 Å². The number of urea groups is 1. The van der Waals surface area contributed by atoms with Crippen molar-refractivity contribution in [2.45, 2.75) is 19.9 Å². The SMILES string of the molecule is COc1ccc(C2NC(=O)N(c3ccc(C)cc3)C(C)=C2c2nc(-c3ccccc3)no2)cc1OC. The average molecular weight is 483 g/mol. The third-order valence-electron chi connectivity index (χ3n) is 6.21. The van der Waals surface area contributed by atoms with Gasteiger partial charge in [0.25, 0.3) is 5.89 Å². The number of hydrogen-bond donors (Lipinski definition) is 1. The Labute approximate surface area is 209 Å². The Bertz CT molecular complexity index is 1430. The summed E-state index contributed by atoms with van der Waals surface area (Å²) >= 11 is 0. The molecule has 4 aromatic rings. The average Bonchev–Trinajstić information content (AvgIpc) is 3.39. The topological polar surface area (TPSA) is 89.7 Å². The van der Waals surface area contributed by atoms with E-state index in [1.165, 1.54) is 0 Å². The van der Waals surface area contributed by atoms with Crippen LogP contribution in [0.3, 0.4) is 0 Å². The minimum Gasteiger partial charge on any atom is -0.493 e. The molecule has 1 unspecified atom stereocenters. The van der Waals surface area contributed by atoms with Crippen molar-refractivity contribution in [3.8, 4) is 22.9 Å². The van der Waals surface area contributed by atoms with Crippen LogP contribution in [0.15, 0.2) is 83.0 Å². The summed E-state index contributed by atoms with van der Waals surface area (Å²) in [6.07, 6.45) is 0. The van der Waals surface area contributed by atoms with Gasteiger partial charge in [-0.15, -0.1) is 0 Å². The molecule has 1 aliphatic heterocycles. The maximum atomic E-state index is 13.4. The van der Waals surface area contributed by atoms with E-state index in [0.717, 1.165) is 22.4 Å². The Morgan fingerprint density at radius 3 is 2.33 bits per heavy atom. The number of anilines is 1. The number of aromatic nitrogens is 2. The highest BCUT2D eigenvalue weighted by Crippen LogP contribution is 2.41. The fraction of sp³-hybridized carbons (Fsp3) is 0.179. The third kappa shape index (κ3) is 4.17. The van der Waals surface area contributed by atoms with Gasteiger partial charge in [0.2, 0.25) is 5.82 Å². The standard InChI is InChI=1S/C28H26N4O4/c1-17-10-13-21(14-11-17)32-18(2)24(27-30-26(31-36-27)19-8-6-5-7-9-19)25(29-28(32)33)20-12-15-22(34-3)23(16-20)35-4/h5-16,25H,1-4H3,(H,29,33). The second-order valence-corrected chi connectivity index (χ2v) is 8.46. The predicted molar refractivity (Wildman–Crippen MR) is 137 cm³/mol. The van der Waals surface area contributed by atoms with Crippen molar-refractivity contribution >= 4 is 17.3 Å². The number of hydrogen-bond acceptors (Lipinski definition) is 6. The van der Waals surface area contributed by atoms with Crippen LogP contribution in [-0.4, -0.2) is 30.4 Å². The first-order valence-corrected chi connectivity index (χ1v) is 11.5. The van der Waals surface area contributed by atoms with Crippen molar-refractivity contribution in [3.05, 3.63) is 95.5 Å². The minimum atomic E-state index is -0.553. The molecule has 5 rings (SSSR count). The molecule has 36 heavy (non-hydrogen) atoms. The van der Waals surface area contributed by atoms with Gasteiger partial charge in [0.15, 0.2) is 11.5 Å². The highest BCUT2D eigenvalue weighted by atomic mass is 16.5. The zero-order valence-corrected chi connectivity index (χ0v) is 20.5. The number of carbonyl (C=O) groups is 1. The molecule has 2 heterocycles. The Morgan fingerprint density at radius 1 is 0.917 bits per heavy atom. The highest BCUT2D eigenvalue weighted by Gasteiger charge is 2.37. The molecule has 3 aromatic carbocycles. The van der Waals surface area contributed by atoms with Crippen LogP contribution in [0.5, 0.6) is 11.5 Å². The summed E-state index contributed by atoms with van der Waals surface area (Å²) in [7, 11) is 3.16. The number of ether oxygens (including phenoxy) is 2. The summed E-state index contributed by atoms with van der Waals surface area (Å²) in [5.74, 6) is 1.94. The van der Waals surface area contributed by atoms with Gasteiger partial charge in [-0.05, 0) is 43.7 Å². The number of benzene rings is 3. The maximum absolute atomic E-state index is 13.4. The van der Waals surface area contributed by atoms with Crippen LogP contribution >= 0.6 is 0 Å². The van der Waals surface area contributed by atoms with Crippen LogP contribution in [0, 0.1) is 6.92 Å². The first kappa shape index (κ1) is 23.2. The van der Waals surface area contributed by atoms with E-state index in [-0.39, 0.29) is 6.03 Å². The molecule has 8 heteroatoms. The lowest BCUT2D eigenvalue weighted by Crippen LogP contribution is -2.46. The lowest BCUT2D eigenvalue weighted by molar-refractivity contribution is 0.244. The summed E-state index contributed by atoms with van der Waals surface area (Å²) < 4.78 is 16.7. The second kappa shape index (κ2) is 9.58. The molecule has 2 amide bonds. The summed E-state index contributed by atoms with van der Waals surface area (Å²) in [4.78, 5) is 19.7. The lowest BCUT2D eigenvalue weighted by atomic mass is 9.94. The van der Waals surface area contributed by atoms with Crippen molar-refractivity contribution in [1.82, 2.24) is 15.5 Å². The normalized spacial score (nSPS) is 15.6. The van der Waals surface area contributed by atoms with Crippen molar-refractivity contribution in [1.29, 1.82) is 0 Å². The number of rotatable bonds is 6. The molecule has 1 aliphatic rings. The molecule has 0 radical (unpaired) electrons. The van der Waals surface area contributed by atoms with Gasteiger partial charge in [0, 0.05) is 11.3 Å². The van der Waals surface area contributed by atoms with E-state index in [4.69, 9.17) is 19.0 Å². The molecule has 1 N–H and O–H groups in total. The molecule has 0 saturated heterocycles. The maximum Gasteiger partial charge on any atom is 0.326 e. The monoisotopic (exact) mass is 482 g/mol. The number of nitrogens with one attached hydrogen (secondary N) is 1. The van der Waals surface area contributed by atoms with Gasteiger partial charge in [-0.1, -0.05) is 59.3 Å². The molecule has 8 nitrogen and oxygen atoms in total. The van der Waals surface area contributed by atoms with Gasteiger partial charge in [0.05, 0.1) is 31.5 Å². The van der Waals surface area contributed by atoms with Gasteiger partial charge in [0.1, 0.15) is 0 Å². The molecule has 1 aromatic heterocycles. The van der Waals surface area contributed by atoms with E-state index in [1.807, 2.05) is 86.6 Å². The van der Waals surface area contributed by atoms with Crippen LogP contribution in [0.25, 0.3) is 17.0 Å². The number of aryl methyl sites for hydroxylation is 1. The summed E-state index contributed by atoms with van der Waals surface area (Å²) in [6, 6.07) is 22.1. The summed E-state index contributed by atoms with van der Waals surface area (Å²) in [5.41, 5.74) is 4.84. The molecule has 1 atom stereocenters. The number of nitrogens with zero attached hydrogens (tertiary/aromatic N) is 3. The van der Waals surface area contributed by atoms with Gasteiger partial charge < -0.3 is 19.3 Å². The smallest absolute Gasteiger partial charge is 0.326 e. The molecule has 0 saturated carbocycles. The molecule has 0 spiro atoms. The third-order valence-corrected chi connectivity index (χ3v) is 6.21. The highest BCUT2D eigenvalue weighted by molar-refractivity contribution is 6.01. The van der Waals surface area contributed by atoms with E-state index in [1.54, 1.807) is 19.1 Å². The molecular formula is C28H26N4O4. The summed E-state index contributed by atoms with van der Waals surface area (Å²) in [5, 5.41) is 7.34. The molecule has 0 fully saturated rings. The molecular weight excluding hydrogens is 456 g/mol. The van der Waals surface area contributed by atoms with Crippen LogP contribution in [0.2, 0.25) is 0 Å². The predicted octanol–water partition coefficient (Wildman–Crippen LogP) is 5.76. The first-order valence-electron chi connectivity index (χ1n) is 11.5. The van der Waals surface area contributed by atoms with E-state index >= 15 is 0 Å². The van der Waals surface area contributed by atoms with Gasteiger partial charge in [-0.25, -0.2) is 4.79 Å². The molecule has 0 aliphatic carbocycles. The fourth-order valence-electron chi connectivity index (χ4n) is 4.34. The zero-order valence-electron chi connectivity index (χ0n) is 20.5. The fourth-order valence-corrected chi connectivity index (χ4v) is 4.34. The van der Waals surface area contributed by atoms with E-state index in [0.29, 0.717) is 34.5 Å². The Balaban J connectivity index is 1.66. The van der Waals surface area contributed by atoms with Crippen molar-refractivity contribution < 1.29 is 18.8 Å².